The molecule has 1 saturated heterocycles. The van der Waals surface area contributed by atoms with Crippen molar-refractivity contribution < 1.29 is 9.53 Å². The number of ether oxygens (including phenoxy) is 1. The van der Waals surface area contributed by atoms with E-state index in [0.29, 0.717) is 16.6 Å². The number of nitrogens with one attached hydrogen (secondary N) is 1. The van der Waals surface area contributed by atoms with Crippen molar-refractivity contribution in [3.05, 3.63) is 69.8 Å². The normalized spacial score (nSPS) is 13.9. The lowest BCUT2D eigenvalue weighted by atomic mass is 10.1. The van der Waals surface area contributed by atoms with Gasteiger partial charge in [-0.1, -0.05) is 29.3 Å². The number of carbonyl (C=O) groups excluding carboxylic acids is 1. The van der Waals surface area contributed by atoms with E-state index in [-0.39, 0.29) is 18.3 Å². The fourth-order valence-corrected chi connectivity index (χ4v) is 5.07. The molecular formula is C27H33Cl3N4O2. The standard InChI is InChI=1S/C27H32Cl2N4O2.ClH/c1-4-33-19(2)22(18-25(33)20-8-10-21(35-3)11-9-20)27(34)30-12-13-31-14-16-32(17-15-31)24-7-5-6-23(28)26(24)29;/h5-11,18H,4,12-17H2,1-3H3,(H,30,34);1H. The summed E-state index contributed by atoms with van der Waals surface area (Å²) in [5.74, 6) is 0.781. The smallest absolute Gasteiger partial charge is 0.253 e. The zero-order chi connectivity index (χ0) is 24.9. The number of rotatable bonds is 8. The van der Waals surface area contributed by atoms with Crippen LogP contribution >= 0.6 is 35.6 Å². The molecule has 2 heterocycles. The largest absolute Gasteiger partial charge is 0.497 e. The molecule has 0 atom stereocenters. The summed E-state index contributed by atoms with van der Waals surface area (Å²) in [4.78, 5) is 17.7. The Morgan fingerprint density at radius 3 is 2.39 bits per heavy atom. The highest BCUT2D eigenvalue weighted by Crippen LogP contribution is 2.33. The fourth-order valence-electron chi connectivity index (χ4n) is 4.66. The van der Waals surface area contributed by atoms with Crippen molar-refractivity contribution >= 4 is 47.2 Å². The van der Waals surface area contributed by atoms with Gasteiger partial charge >= 0.3 is 0 Å². The van der Waals surface area contributed by atoms with Gasteiger partial charge in [0.05, 0.1) is 28.4 Å². The average molecular weight is 552 g/mol. The maximum absolute atomic E-state index is 13.0. The first-order valence-electron chi connectivity index (χ1n) is 12.0. The molecule has 194 valence electrons. The third-order valence-corrected chi connectivity index (χ3v) is 7.48. The molecule has 0 unspecified atom stereocenters. The quantitative estimate of drug-likeness (QED) is 0.386. The summed E-state index contributed by atoms with van der Waals surface area (Å²) in [6, 6.07) is 15.7. The summed E-state index contributed by atoms with van der Waals surface area (Å²) in [6.45, 7) is 9.87. The Kier molecular flexibility index (Phi) is 9.97. The van der Waals surface area contributed by atoms with E-state index in [1.165, 1.54) is 0 Å². The second-order valence-electron chi connectivity index (χ2n) is 8.66. The number of carbonyl (C=O) groups is 1. The van der Waals surface area contributed by atoms with Crippen LogP contribution in [0.3, 0.4) is 0 Å². The van der Waals surface area contributed by atoms with E-state index in [4.69, 9.17) is 27.9 Å². The van der Waals surface area contributed by atoms with Gasteiger partial charge in [-0.05, 0) is 61.9 Å². The number of halogens is 3. The second kappa shape index (κ2) is 12.7. The predicted molar refractivity (Wildman–Crippen MR) is 152 cm³/mol. The number of hydrogen-bond acceptors (Lipinski definition) is 4. The van der Waals surface area contributed by atoms with Crippen LogP contribution in [0.5, 0.6) is 5.75 Å². The molecule has 9 heteroatoms. The van der Waals surface area contributed by atoms with Gasteiger partial charge in [0.25, 0.3) is 5.91 Å². The van der Waals surface area contributed by atoms with E-state index in [0.717, 1.165) is 73.2 Å². The third kappa shape index (κ3) is 6.12. The van der Waals surface area contributed by atoms with Crippen molar-refractivity contribution in [1.82, 2.24) is 14.8 Å². The molecule has 1 N–H and O–H groups in total. The summed E-state index contributed by atoms with van der Waals surface area (Å²) in [5.41, 5.74) is 4.78. The minimum absolute atomic E-state index is 0. The van der Waals surface area contributed by atoms with Gasteiger partial charge < -0.3 is 19.5 Å². The first-order chi connectivity index (χ1) is 16.9. The number of aromatic nitrogens is 1. The lowest BCUT2D eigenvalue weighted by Crippen LogP contribution is -2.48. The minimum atomic E-state index is -0.0335. The van der Waals surface area contributed by atoms with Gasteiger partial charge in [0.1, 0.15) is 5.75 Å². The maximum atomic E-state index is 13.0. The first-order valence-corrected chi connectivity index (χ1v) is 12.7. The molecule has 1 fully saturated rings. The lowest BCUT2D eigenvalue weighted by molar-refractivity contribution is 0.0947. The van der Waals surface area contributed by atoms with Crippen LogP contribution in [0.2, 0.25) is 10.0 Å². The van der Waals surface area contributed by atoms with Gasteiger partial charge in [-0.3, -0.25) is 9.69 Å². The van der Waals surface area contributed by atoms with Crippen LogP contribution in [0, 0.1) is 6.92 Å². The molecular weight excluding hydrogens is 519 g/mol. The van der Waals surface area contributed by atoms with Crippen LogP contribution in [-0.2, 0) is 6.54 Å². The van der Waals surface area contributed by atoms with Gasteiger partial charge in [-0.15, -0.1) is 12.4 Å². The summed E-state index contributed by atoms with van der Waals surface area (Å²) in [7, 11) is 1.66. The lowest BCUT2D eigenvalue weighted by Gasteiger charge is -2.36. The number of nitrogens with zero attached hydrogens (tertiary/aromatic N) is 3. The Morgan fingerprint density at radius 2 is 1.75 bits per heavy atom. The molecule has 1 aliphatic rings. The molecule has 4 rings (SSSR count). The Hall–Kier alpha value is -2.38. The second-order valence-corrected chi connectivity index (χ2v) is 9.44. The molecule has 0 radical (unpaired) electrons. The average Bonchev–Trinajstić information content (AvgIpc) is 3.22. The third-order valence-electron chi connectivity index (χ3n) is 6.67. The number of amides is 1. The number of anilines is 1. The molecule has 1 aliphatic heterocycles. The molecule has 6 nitrogen and oxygen atoms in total. The SMILES string of the molecule is CCn1c(-c2ccc(OC)cc2)cc(C(=O)NCCN2CCN(c3cccc(Cl)c3Cl)CC2)c1C.Cl. The highest BCUT2D eigenvalue weighted by molar-refractivity contribution is 6.43. The van der Waals surface area contributed by atoms with Crippen LogP contribution in [0.25, 0.3) is 11.3 Å². The fraction of sp³-hybridized carbons (Fsp3) is 0.370. The van der Waals surface area contributed by atoms with Crippen molar-refractivity contribution in [2.45, 2.75) is 20.4 Å². The van der Waals surface area contributed by atoms with Gasteiger partial charge in [0, 0.05) is 57.2 Å². The van der Waals surface area contributed by atoms with Crippen LogP contribution in [0.4, 0.5) is 5.69 Å². The van der Waals surface area contributed by atoms with Gasteiger partial charge in [0.15, 0.2) is 0 Å². The minimum Gasteiger partial charge on any atom is -0.497 e. The van der Waals surface area contributed by atoms with Crippen molar-refractivity contribution in [3.8, 4) is 17.0 Å². The highest BCUT2D eigenvalue weighted by Gasteiger charge is 2.21. The first kappa shape index (κ1) is 28.2. The zero-order valence-corrected chi connectivity index (χ0v) is 23.2. The van der Waals surface area contributed by atoms with Crippen molar-refractivity contribution in [3.63, 3.8) is 0 Å². The predicted octanol–water partition coefficient (Wildman–Crippen LogP) is 5.77. The summed E-state index contributed by atoms with van der Waals surface area (Å²) in [6.07, 6.45) is 0. The molecule has 0 bridgehead atoms. The van der Waals surface area contributed by atoms with E-state index in [1.807, 2.05) is 55.5 Å². The van der Waals surface area contributed by atoms with Gasteiger partial charge in [-0.25, -0.2) is 0 Å². The maximum Gasteiger partial charge on any atom is 0.253 e. The van der Waals surface area contributed by atoms with Gasteiger partial charge in [-0.2, -0.15) is 0 Å². The van der Waals surface area contributed by atoms with Crippen LogP contribution in [0.1, 0.15) is 23.0 Å². The van der Waals surface area contributed by atoms with Crippen LogP contribution in [0.15, 0.2) is 48.5 Å². The molecule has 0 saturated carbocycles. The molecule has 0 aliphatic carbocycles. The molecule has 2 aromatic carbocycles. The molecule has 1 aromatic heterocycles. The molecule has 0 spiro atoms. The van der Waals surface area contributed by atoms with Crippen molar-refractivity contribution in [2.24, 2.45) is 0 Å². The van der Waals surface area contributed by atoms with Crippen molar-refractivity contribution in [2.75, 3.05) is 51.3 Å². The molecule has 36 heavy (non-hydrogen) atoms. The van der Waals surface area contributed by atoms with Crippen molar-refractivity contribution in [1.29, 1.82) is 0 Å². The van der Waals surface area contributed by atoms with Crippen LogP contribution < -0.4 is 15.0 Å². The zero-order valence-electron chi connectivity index (χ0n) is 20.9. The summed E-state index contributed by atoms with van der Waals surface area (Å²) >= 11 is 12.6. The van der Waals surface area contributed by atoms with E-state index in [1.54, 1.807) is 7.11 Å². The number of piperazine rings is 1. The highest BCUT2D eigenvalue weighted by atomic mass is 35.5. The molecule has 3 aromatic rings. The Balaban J connectivity index is 0.00000361. The number of benzene rings is 2. The Labute approximate surface area is 229 Å². The van der Waals surface area contributed by atoms with E-state index in [9.17, 15) is 4.79 Å². The van der Waals surface area contributed by atoms with E-state index >= 15 is 0 Å². The van der Waals surface area contributed by atoms with E-state index < -0.39 is 0 Å². The monoisotopic (exact) mass is 550 g/mol. The Morgan fingerprint density at radius 1 is 1.06 bits per heavy atom. The Bertz CT molecular complexity index is 1170. The number of methoxy groups -OCH3 is 1. The van der Waals surface area contributed by atoms with Crippen LogP contribution in [-0.4, -0.2) is 61.8 Å². The number of hydrogen-bond donors (Lipinski definition) is 1. The molecule has 1 amide bonds. The summed E-state index contributed by atoms with van der Waals surface area (Å²) in [5, 5.41) is 4.30. The van der Waals surface area contributed by atoms with E-state index in [2.05, 4.69) is 26.6 Å². The topological polar surface area (TPSA) is 49.7 Å². The van der Waals surface area contributed by atoms with Gasteiger partial charge in [0.2, 0.25) is 0 Å². The summed E-state index contributed by atoms with van der Waals surface area (Å²) < 4.78 is 7.45.